The summed E-state index contributed by atoms with van der Waals surface area (Å²) in [5.41, 5.74) is 0.530. The maximum atomic E-state index is 12.6. The summed E-state index contributed by atoms with van der Waals surface area (Å²) in [6, 6.07) is 6.49. The number of carbonyl (C=O) groups is 2. The summed E-state index contributed by atoms with van der Waals surface area (Å²) in [7, 11) is 1.51. The molecule has 3 rings (SSSR count). The molecule has 1 aliphatic heterocycles. The van der Waals surface area contributed by atoms with Gasteiger partial charge >= 0.3 is 5.97 Å². The molecule has 2 heterocycles. The number of hydrogen-bond donors (Lipinski definition) is 0. The first kappa shape index (κ1) is 17.7. The summed E-state index contributed by atoms with van der Waals surface area (Å²) in [5, 5.41) is 0. The van der Waals surface area contributed by atoms with E-state index in [1.165, 1.54) is 26.4 Å². The number of carbonyl (C=O) groups excluding carboxylic acids is 2. The highest BCUT2D eigenvalue weighted by atomic mass is 16.5. The topological polar surface area (TPSA) is 90.9 Å². The van der Waals surface area contributed by atoms with Gasteiger partial charge in [0.15, 0.2) is 0 Å². The quantitative estimate of drug-likeness (QED) is 0.594. The standard InChI is InChI=1S/C18H19N3O5/c1-12(22)25-14-5-3-13(4-6-14)18(23)21-8-7-15(11-21)26-17-10-19-9-16(20-17)24-2/h3-6,9-10,15H,7-8,11H2,1-2H3. The Balaban J connectivity index is 1.59. The average molecular weight is 357 g/mol. The highest BCUT2D eigenvalue weighted by Gasteiger charge is 2.28. The lowest BCUT2D eigenvalue weighted by Crippen LogP contribution is -2.31. The Hall–Kier alpha value is -3.16. The molecule has 8 nitrogen and oxygen atoms in total. The van der Waals surface area contributed by atoms with Crippen LogP contribution < -0.4 is 14.2 Å². The number of rotatable bonds is 5. The normalized spacial score (nSPS) is 16.2. The average Bonchev–Trinajstić information content (AvgIpc) is 3.10. The van der Waals surface area contributed by atoms with Gasteiger partial charge in [-0.3, -0.25) is 14.6 Å². The van der Waals surface area contributed by atoms with Crippen LogP contribution in [-0.4, -0.2) is 53.0 Å². The number of benzene rings is 1. The van der Waals surface area contributed by atoms with E-state index in [-0.39, 0.29) is 12.0 Å². The first-order chi connectivity index (χ1) is 12.5. The summed E-state index contributed by atoms with van der Waals surface area (Å²) in [4.78, 5) is 33.4. The minimum atomic E-state index is -0.399. The Kier molecular flexibility index (Phi) is 5.31. The van der Waals surface area contributed by atoms with Crippen LogP contribution in [0.5, 0.6) is 17.5 Å². The van der Waals surface area contributed by atoms with Gasteiger partial charge < -0.3 is 19.1 Å². The number of hydrogen-bond acceptors (Lipinski definition) is 7. The van der Waals surface area contributed by atoms with E-state index in [4.69, 9.17) is 14.2 Å². The molecule has 0 bridgehead atoms. The summed E-state index contributed by atoms with van der Waals surface area (Å²) < 4.78 is 15.8. The van der Waals surface area contributed by atoms with Gasteiger partial charge in [-0.2, -0.15) is 4.98 Å². The second-order valence-electron chi connectivity index (χ2n) is 5.80. The molecule has 0 N–H and O–H groups in total. The molecule has 1 fully saturated rings. The zero-order valence-electron chi connectivity index (χ0n) is 14.5. The third-order valence-electron chi connectivity index (χ3n) is 3.88. The van der Waals surface area contributed by atoms with Crippen LogP contribution >= 0.6 is 0 Å². The van der Waals surface area contributed by atoms with Gasteiger partial charge in [-0.25, -0.2) is 0 Å². The minimum Gasteiger partial charge on any atom is -0.480 e. The summed E-state index contributed by atoms with van der Waals surface area (Å²) in [6.45, 7) is 2.38. The lowest BCUT2D eigenvalue weighted by Gasteiger charge is -2.17. The summed E-state index contributed by atoms with van der Waals surface area (Å²) in [6.07, 6.45) is 3.56. The molecule has 136 valence electrons. The van der Waals surface area contributed by atoms with Crippen molar-refractivity contribution in [2.24, 2.45) is 0 Å². The Morgan fingerprint density at radius 3 is 2.58 bits per heavy atom. The van der Waals surface area contributed by atoms with Gasteiger partial charge in [0.2, 0.25) is 11.8 Å². The Morgan fingerprint density at radius 2 is 1.88 bits per heavy atom. The summed E-state index contributed by atoms with van der Waals surface area (Å²) >= 11 is 0. The van der Waals surface area contributed by atoms with Gasteiger partial charge in [0.25, 0.3) is 5.91 Å². The van der Waals surface area contributed by atoms with Crippen molar-refractivity contribution in [2.75, 3.05) is 20.2 Å². The van der Waals surface area contributed by atoms with Crippen LogP contribution in [0.2, 0.25) is 0 Å². The first-order valence-corrected chi connectivity index (χ1v) is 8.15. The molecule has 8 heteroatoms. The van der Waals surface area contributed by atoms with Gasteiger partial charge in [-0.05, 0) is 24.3 Å². The zero-order valence-corrected chi connectivity index (χ0v) is 14.5. The predicted octanol–water partition coefficient (Wildman–Crippen LogP) is 1.70. The molecule has 1 amide bonds. The molecule has 1 aliphatic rings. The highest BCUT2D eigenvalue weighted by Crippen LogP contribution is 2.20. The van der Waals surface area contributed by atoms with Crippen molar-refractivity contribution in [3.63, 3.8) is 0 Å². The van der Waals surface area contributed by atoms with Crippen molar-refractivity contribution in [1.29, 1.82) is 0 Å². The van der Waals surface area contributed by atoms with E-state index < -0.39 is 5.97 Å². The van der Waals surface area contributed by atoms with Gasteiger partial charge in [-0.15, -0.1) is 0 Å². The smallest absolute Gasteiger partial charge is 0.308 e. The molecule has 1 atom stereocenters. The lowest BCUT2D eigenvalue weighted by atomic mass is 10.2. The van der Waals surface area contributed by atoms with Crippen molar-refractivity contribution >= 4 is 11.9 Å². The van der Waals surface area contributed by atoms with Crippen molar-refractivity contribution in [3.8, 4) is 17.5 Å². The number of amides is 1. The fraction of sp³-hybridized carbons (Fsp3) is 0.333. The minimum absolute atomic E-state index is 0.0952. The van der Waals surface area contributed by atoms with Crippen LogP contribution in [0.3, 0.4) is 0 Å². The van der Waals surface area contributed by atoms with E-state index in [1.807, 2.05) is 0 Å². The number of nitrogens with zero attached hydrogens (tertiary/aromatic N) is 3. The van der Waals surface area contributed by atoms with E-state index >= 15 is 0 Å². The maximum absolute atomic E-state index is 12.6. The molecule has 1 saturated heterocycles. The third-order valence-corrected chi connectivity index (χ3v) is 3.88. The van der Waals surface area contributed by atoms with E-state index in [1.54, 1.807) is 29.2 Å². The molecule has 1 aromatic carbocycles. The fourth-order valence-corrected chi connectivity index (χ4v) is 2.68. The fourth-order valence-electron chi connectivity index (χ4n) is 2.68. The zero-order chi connectivity index (χ0) is 18.5. The van der Waals surface area contributed by atoms with Gasteiger partial charge in [0.1, 0.15) is 11.9 Å². The number of likely N-dealkylation sites (tertiary alicyclic amines) is 1. The molecule has 1 unspecified atom stereocenters. The van der Waals surface area contributed by atoms with Crippen LogP contribution in [0, 0.1) is 0 Å². The molecular weight excluding hydrogens is 338 g/mol. The van der Waals surface area contributed by atoms with Gasteiger partial charge in [0.05, 0.1) is 26.0 Å². The van der Waals surface area contributed by atoms with E-state index in [2.05, 4.69) is 9.97 Å². The Labute approximate surface area is 150 Å². The molecule has 1 aromatic heterocycles. The Morgan fingerprint density at radius 1 is 1.15 bits per heavy atom. The van der Waals surface area contributed by atoms with Crippen molar-refractivity contribution in [3.05, 3.63) is 42.2 Å². The summed E-state index contributed by atoms with van der Waals surface area (Å²) in [5.74, 6) is 0.662. The van der Waals surface area contributed by atoms with Crippen LogP contribution in [0.25, 0.3) is 0 Å². The number of methoxy groups -OCH3 is 1. The number of ether oxygens (including phenoxy) is 3. The van der Waals surface area contributed by atoms with Crippen LogP contribution in [0.4, 0.5) is 0 Å². The predicted molar refractivity (Wildman–Crippen MR) is 91.3 cm³/mol. The largest absolute Gasteiger partial charge is 0.480 e. The monoisotopic (exact) mass is 357 g/mol. The van der Waals surface area contributed by atoms with Crippen LogP contribution in [0.1, 0.15) is 23.7 Å². The number of aromatic nitrogens is 2. The molecule has 26 heavy (non-hydrogen) atoms. The molecule has 2 aromatic rings. The van der Waals surface area contributed by atoms with Crippen molar-refractivity contribution in [2.45, 2.75) is 19.4 Å². The van der Waals surface area contributed by atoms with E-state index in [0.717, 1.165) is 0 Å². The second kappa shape index (κ2) is 7.81. The maximum Gasteiger partial charge on any atom is 0.308 e. The third kappa shape index (κ3) is 4.27. The van der Waals surface area contributed by atoms with Crippen molar-refractivity contribution < 1.29 is 23.8 Å². The van der Waals surface area contributed by atoms with Crippen LogP contribution in [-0.2, 0) is 4.79 Å². The number of esters is 1. The van der Waals surface area contributed by atoms with E-state index in [0.29, 0.717) is 42.6 Å². The first-order valence-electron chi connectivity index (χ1n) is 8.15. The molecular formula is C18H19N3O5. The molecule has 0 radical (unpaired) electrons. The second-order valence-corrected chi connectivity index (χ2v) is 5.80. The molecule has 0 spiro atoms. The highest BCUT2D eigenvalue weighted by molar-refractivity contribution is 5.94. The molecule has 0 saturated carbocycles. The van der Waals surface area contributed by atoms with E-state index in [9.17, 15) is 9.59 Å². The Bertz CT molecular complexity index is 794. The van der Waals surface area contributed by atoms with Crippen molar-refractivity contribution in [1.82, 2.24) is 14.9 Å². The lowest BCUT2D eigenvalue weighted by molar-refractivity contribution is -0.131. The van der Waals surface area contributed by atoms with Crippen LogP contribution in [0.15, 0.2) is 36.7 Å². The molecule has 0 aliphatic carbocycles. The SMILES string of the molecule is COc1cncc(OC2CCN(C(=O)c3ccc(OC(C)=O)cc3)C2)n1. The van der Waals surface area contributed by atoms with Gasteiger partial charge in [0, 0.05) is 25.5 Å². The van der Waals surface area contributed by atoms with Gasteiger partial charge in [-0.1, -0.05) is 0 Å².